The number of carbonyl (C=O) groups excluding carboxylic acids is 1. The van der Waals surface area contributed by atoms with Crippen LogP contribution in [-0.4, -0.2) is 56.5 Å². The fourth-order valence-electron chi connectivity index (χ4n) is 4.64. The molecule has 1 amide bonds. The SMILES string of the molecule is Cn1c(=O)[nH]c2ncc(-c3cccc(C(=O)N4CCN(c5ccc6ccccc6n5)CC4)c3)cc21. The van der Waals surface area contributed by atoms with Gasteiger partial charge in [0.2, 0.25) is 0 Å². The van der Waals surface area contributed by atoms with Crippen LogP contribution in [0.2, 0.25) is 0 Å². The van der Waals surface area contributed by atoms with Crippen LogP contribution in [0.5, 0.6) is 0 Å². The smallest absolute Gasteiger partial charge is 0.327 e. The fourth-order valence-corrected chi connectivity index (χ4v) is 4.64. The second-order valence-corrected chi connectivity index (χ2v) is 8.80. The number of benzene rings is 2. The van der Waals surface area contributed by atoms with Gasteiger partial charge < -0.3 is 9.80 Å². The average Bonchev–Trinajstić information content (AvgIpc) is 3.20. The Morgan fingerprint density at radius 2 is 1.74 bits per heavy atom. The van der Waals surface area contributed by atoms with Crippen molar-refractivity contribution >= 4 is 33.8 Å². The van der Waals surface area contributed by atoms with Gasteiger partial charge in [-0.05, 0) is 42.0 Å². The Labute approximate surface area is 201 Å². The van der Waals surface area contributed by atoms with Crippen LogP contribution in [0.1, 0.15) is 10.4 Å². The minimum atomic E-state index is -0.202. The first-order chi connectivity index (χ1) is 17.1. The molecule has 0 atom stereocenters. The highest BCUT2D eigenvalue weighted by atomic mass is 16.2. The van der Waals surface area contributed by atoms with Crippen LogP contribution in [0.4, 0.5) is 5.82 Å². The van der Waals surface area contributed by atoms with Gasteiger partial charge in [-0.2, -0.15) is 0 Å². The van der Waals surface area contributed by atoms with Crippen LogP contribution in [0, 0.1) is 0 Å². The number of pyridine rings is 2. The first-order valence-electron chi connectivity index (χ1n) is 11.6. The van der Waals surface area contributed by atoms with E-state index in [4.69, 9.17) is 4.98 Å². The first-order valence-corrected chi connectivity index (χ1v) is 11.6. The summed E-state index contributed by atoms with van der Waals surface area (Å²) in [6.45, 7) is 2.74. The van der Waals surface area contributed by atoms with Gasteiger partial charge in [0.1, 0.15) is 5.82 Å². The van der Waals surface area contributed by atoms with Crippen LogP contribution < -0.4 is 10.6 Å². The zero-order valence-electron chi connectivity index (χ0n) is 19.3. The van der Waals surface area contributed by atoms with E-state index in [0.29, 0.717) is 24.3 Å². The Balaban J connectivity index is 1.19. The second kappa shape index (κ2) is 8.39. The number of aromatic amines is 1. The van der Waals surface area contributed by atoms with Crippen LogP contribution in [0.25, 0.3) is 33.2 Å². The van der Waals surface area contributed by atoms with Crippen molar-refractivity contribution in [1.29, 1.82) is 0 Å². The van der Waals surface area contributed by atoms with Crippen molar-refractivity contribution in [2.75, 3.05) is 31.1 Å². The highest BCUT2D eigenvalue weighted by molar-refractivity contribution is 5.96. The van der Waals surface area contributed by atoms with E-state index in [9.17, 15) is 9.59 Å². The summed E-state index contributed by atoms with van der Waals surface area (Å²) in [4.78, 5) is 41.2. The molecule has 4 heterocycles. The molecule has 35 heavy (non-hydrogen) atoms. The fraction of sp³-hybridized carbons (Fsp3) is 0.185. The molecule has 1 N–H and O–H groups in total. The molecule has 174 valence electrons. The third-order valence-electron chi connectivity index (χ3n) is 6.68. The van der Waals surface area contributed by atoms with Gasteiger partial charge in [0.05, 0.1) is 11.0 Å². The highest BCUT2D eigenvalue weighted by Crippen LogP contribution is 2.24. The molecule has 0 saturated carbocycles. The monoisotopic (exact) mass is 464 g/mol. The van der Waals surface area contributed by atoms with Gasteiger partial charge in [0.25, 0.3) is 5.91 Å². The summed E-state index contributed by atoms with van der Waals surface area (Å²) in [7, 11) is 1.71. The van der Waals surface area contributed by atoms with Gasteiger partial charge >= 0.3 is 5.69 Å². The van der Waals surface area contributed by atoms with Gasteiger partial charge in [-0.3, -0.25) is 14.3 Å². The summed E-state index contributed by atoms with van der Waals surface area (Å²) >= 11 is 0. The summed E-state index contributed by atoms with van der Waals surface area (Å²) in [6.07, 6.45) is 1.72. The van der Waals surface area contributed by atoms with Crippen molar-refractivity contribution in [3.63, 3.8) is 0 Å². The standard InChI is InChI=1S/C27H24N6O2/c1-31-23-16-21(17-28-25(23)30-27(31)35)19-6-4-7-20(15-19)26(34)33-13-11-32(12-14-33)24-10-9-18-5-2-3-8-22(18)29-24/h2-10,15-17H,11-14H2,1H3,(H,28,30,35). The summed E-state index contributed by atoms with van der Waals surface area (Å²) in [6, 6.07) is 21.7. The molecule has 5 aromatic rings. The number of hydrogen-bond acceptors (Lipinski definition) is 5. The van der Waals surface area contributed by atoms with Gasteiger partial charge in [0.15, 0.2) is 5.65 Å². The number of hydrogen-bond donors (Lipinski definition) is 1. The van der Waals surface area contributed by atoms with E-state index in [0.717, 1.165) is 46.5 Å². The van der Waals surface area contributed by atoms with Crippen LogP contribution >= 0.6 is 0 Å². The van der Waals surface area contributed by atoms with Crippen molar-refractivity contribution < 1.29 is 4.79 Å². The molecule has 0 unspecified atom stereocenters. The maximum Gasteiger partial charge on any atom is 0.327 e. The van der Waals surface area contributed by atoms with Crippen molar-refractivity contribution in [3.8, 4) is 11.1 Å². The number of anilines is 1. The molecule has 8 nitrogen and oxygen atoms in total. The molecule has 1 aliphatic heterocycles. The predicted octanol–water partition coefficient (Wildman–Crippen LogP) is 3.44. The number of piperazine rings is 1. The van der Waals surface area contributed by atoms with Gasteiger partial charge in [0, 0.05) is 55.9 Å². The third kappa shape index (κ3) is 3.82. The number of rotatable bonds is 3. The number of carbonyl (C=O) groups is 1. The molecule has 1 fully saturated rings. The van der Waals surface area contributed by atoms with E-state index in [1.807, 2.05) is 53.4 Å². The Morgan fingerprint density at radius 1 is 0.914 bits per heavy atom. The molecule has 0 bridgehead atoms. The summed E-state index contributed by atoms with van der Waals surface area (Å²) < 4.78 is 1.53. The lowest BCUT2D eigenvalue weighted by Gasteiger charge is -2.35. The van der Waals surface area contributed by atoms with Gasteiger partial charge in [-0.15, -0.1) is 0 Å². The van der Waals surface area contributed by atoms with Crippen molar-refractivity contribution in [2.45, 2.75) is 0 Å². The Hall–Kier alpha value is -4.46. The Kier molecular flexibility index (Phi) is 5.06. The summed E-state index contributed by atoms with van der Waals surface area (Å²) in [5.41, 5.74) is 4.43. The zero-order valence-corrected chi connectivity index (χ0v) is 19.3. The molecule has 6 rings (SSSR count). The summed E-state index contributed by atoms with van der Waals surface area (Å²) in [5, 5.41) is 1.12. The number of aryl methyl sites for hydroxylation is 1. The molecule has 1 aliphatic rings. The van der Waals surface area contributed by atoms with Crippen molar-refractivity contribution in [2.24, 2.45) is 7.05 Å². The van der Waals surface area contributed by atoms with E-state index in [-0.39, 0.29) is 11.6 Å². The first kappa shape index (κ1) is 21.1. The topological polar surface area (TPSA) is 87.1 Å². The third-order valence-corrected chi connectivity index (χ3v) is 6.68. The molecular weight excluding hydrogens is 440 g/mol. The van der Waals surface area contributed by atoms with E-state index in [1.54, 1.807) is 13.2 Å². The lowest BCUT2D eigenvalue weighted by Crippen LogP contribution is -2.49. The largest absolute Gasteiger partial charge is 0.353 e. The Morgan fingerprint density at radius 3 is 2.60 bits per heavy atom. The number of nitrogens with one attached hydrogen (secondary N) is 1. The molecule has 0 spiro atoms. The minimum absolute atomic E-state index is 0.0149. The number of aromatic nitrogens is 4. The predicted molar refractivity (Wildman–Crippen MR) is 137 cm³/mol. The molecule has 0 radical (unpaired) electrons. The van der Waals surface area contributed by atoms with Crippen molar-refractivity contribution in [3.05, 3.63) is 89.0 Å². The van der Waals surface area contributed by atoms with Gasteiger partial charge in [-0.1, -0.05) is 30.3 Å². The lowest BCUT2D eigenvalue weighted by atomic mass is 10.0. The molecule has 3 aromatic heterocycles. The molecular formula is C27H24N6O2. The van der Waals surface area contributed by atoms with E-state index in [1.165, 1.54) is 4.57 Å². The maximum absolute atomic E-state index is 13.3. The minimum Gasteiger partial charge on any atom is -0.353 e. The van der Waals surface area contributed by atoms with E-state index in [2.05, 4.69) is 33.1 Å². The van der Waals surface area contributed by atoms with E-state index >= 15 is 0 Å². The van der Waals surface area contributed by atoms with Crippen LogP contribution in [0.3, 0.4) is 0 Å². The number of fused-ring (bicyclic) bond motifs is 2. The number of amides is 1. The highest BCUT2D eigenvalue weighted by Gasteiger charge is 2.23. The van der Waals surface area contributed by atoms with Crippen LogP contribution in [-0.2, 0) is 7.05 Å². The quantitative estimate of drug-likeness (QED) is 0.442. The van der Waals surface area contributed by atoms with Crippen LogP contribution in [0.15, 0.2) is 77.7 Å². The number of H-pyrrole nitrogens is 1. The number of para-hydroxylation sites is 1. The summed E-state index contributed by atoms with van der Waals surface area (Å²) in [5.74, 6) is 0.959. The average molecular weight is 465 g/mol. The maximum atomic E-state index is 13.3. The molecule has 1 saturated heterocycles. The normalized spacial score (nSPS) is 14.1. The number of imidazole rings is 1. The van der Waals surface area contributed by atoms with Crippen molar-refractivity contribution in [1.82, 2.24) is 24.4 Å². The second-order valence-electron chi connectivity index (χ2n) is 8.80. The lowest BCUT2D eigenvalue weighted by molar-refractivity contribution is 0.0746. The number of nitrogens with zero attached hydrogens (tertiary/aromatic N) is 5. The van der Waals surface area contributed by atoms with E-state index < -0.39 is 0 Å². The molecule has 2 aromatic carbocycles. The molecule has 8 heteroatoms. The zero-order chi connectivity index (χ0) is 23.9. The van der Waals surface area contributed by atoms with Gasteiger partial charge in [-0.25, -0.2) is 14.8 Å². The Bertz CT molecular complexity index is 1630. The molecule has 0 aliphatic carbocycles.